The van der Waals surface area contributed by atoms with Crippen LogP contribution in [-0.2, 0) is 16.0 Å². The number of hydrogen-bond acceptors (Lipinski definition) is 6. The van der Waals surface area contributed by atoms with Crippen LogP contribution in [0.3, 0.4) is 0 Å². The summed E-state index contributed by atoms with van der Waals surface area (Å²) in [7, 11) is 0. The van der Waals surface area contributed by atoms with Crippen LogP contribution in [0, 0.1) is 16.0 Å². The van der Waals surface area contributed by atoms with Gasteiger partial charge in [-0.25, -0.2) is 10.2 Å². The fourth-order valence-corrected chi connectivity index (χ4v) is 3.12. The van der Waals surface area contributed by atoms with Gasteiger partial charge in [-0.15, -0.1) is 0 Å². The molecule has 1 atom stereocenters. The van der Waals surface area contributed by atoms with E-state index in [-0.39, 0.29) is 24.6 Å². The number of fused-ring (bicyclic) bond motifs is 1. The van der Waals surface area contributed by atoms with Gasteiger partial charge >= 0.3 is 6.09 Å². The Morgan fingerprint density at radius 3 is 2.76 bits per heavy atom. The van der Waals surface area contributed by atoms with Crippen LogP contribution in [0.25, 0.3) is 10.9 Å². The Hall–Kier alpha value is -4.21. The normalized spacial score (nSPS) is 12.1. The van der Waals surface area contributed by atoms with Gasteiger partial charge in [0.25, 0.3) is 11.6 Å². The van der Waals surface area contributed by atoms with E-state index in [1.54, 1.807) is 12.3 Å². The third-order valence-electron chi connectivity index (χ3n) is 4.72. The van der Waals surface area contributed by atoms with Crippen LogP contribution in [0.5, 0.6) is 0 Å². The number of ether oxygens (including phenoxy) is 1. The molecule has 0 aliphatic heterocycles. The summed E-state index contributed by atoms with van der Waals surface area (Å²) in [5, 5.41) is 18.3. The predicted molar refractivity (Wildman–Crippen MR) is 124 cm³/mol. The number of nitrogens with one attached hydrogen (secondary N) is 3. The van der Waals surface area contributed by atoms with E-state index in [0.717, 1.165) is 16.5 Å². The highest BCUT2D eigenvalue weighted by Crippen LogP contribution is 2.19. The van der Waals surface area contributed by atoms with Crippen molar-refractivity contribution in [3.05, 3.63) is 76.0 Å². The summed E-state index contributed by atoms with van der Waals surface area (Å²) in [6.07, 6.45) is 2.59. The van der Waals surface area contributed by atoms with Crippen molar-refractivity contribution in [2.24, 2.45) is 11.0 Å². The van der Waals surface area contributed by atoms with E-state index >= 15 is 0 Å². The van der Waals surface area contributed by atoms with Crippen molar-refractivity contribution in [1.29, 1.82) is 0 Å². The lowest BCUT2D eigenvalue weighted by Gasteiger charge is -2.17. The van der Waals surface area contributed by atoms with Crippen molar-refractivity contribution in [3.63, 3.8) is 0 Å². The molecule has 0 saturated carbocycles. The molecule has 33 heavy (non-hydrogen) atoms. The van der Waals surface area contributed by atoms with Gasteiger partial charge in [0.2, 0.25) is 0 Å². The zero-order chi connectivity index (χ0) is 23.8. The Bertz CT molecular complexity index is 1170. The summed E-state index contributed by atoms with van der Waals surface area (Å²) in [6, 6.07) is 12.5. The van der Waals surface area contributed by atoms with Gasteiger partial charge in [-0.3, -0.25) is 14.9 Å². The molecule has 0 radical (unpaired) electrons. The number of nitro groups is 1. The predicted octanol–water partition coefficient (Wildman–Crippen LogP) is 3.52. The van der Waals surface area contributed by atoms with Crippen molar-refractivity contribution < 1.29 is 19.2 Å². The average molecular weight is 451 g/mol. The Balaban J connectivity index is 1.73. The maximum atomic E-state index is 12.8. The van der Waals surface area contributed by atoms with Crippen LogP contribution in [0.2, 0.25) is 0 Å². The van der Waals surface area contributed by atoms with Gasteiger partial charge in [0.15, 0.2) is 0 Å². The van der Waals surface area contributed by atoms with Crippen molar-refractivity contribution in [2.45, 2.75) is 26.3 Å². The Morgan fingerprint density at radius 1 is 1.21 bits per heavy atom. The topological polar surface area (TPSA) is 139 Å². The molecule has 3 aromatic rings. The summed E-state index contributed by atoms with van der Waals surface area (Å²) in [6.45, 7) is 4.04. The molecule has 172 valence electrons. The highest BCUT2D eigenvalue weighted by Gasteiger charge is 2.23. The first-order valence-electron chi connectivity index (χ1n) is 10.4. The lowest BCUT2D eigenvalue weighted by Crippen LogP contribution is -2.47. The smallest absolute Gasteiger partial charge is 0.407 e. The minimum atomic E-state index is -0.953. The Morgan fingerprint density at radius 2 is 2.00 bits per heavy atom. The SMILES string of the molecule is CC(C)COC(=O)N[C@@H](Cc1c[nH]c2ccccc12)C(=O)N/N=C\c1cccc([N+](=O)[O-])c1. The monoisotopic (exact) mass is 451 g/mol. The van der Waals surface area contributed by atoms with Crippen LogP contribution >= 0.6 is 0 Å². The number of carbonyl (C=O) groups excluding carboxylic acids is 2. The number of para-hydroxylation sites is 1. The zero-order valence-corrected chi connectivity index (χ0v) is 18.3. The number of nitrogens with zero attached hydrogens (tertiary/aromatic N) is 2. The quantitative estimate of drug-likeness (QED) is 0.259. The number of amides is 2. The van der Waals surface area contributed by atoms with Gasteiger partial charge in [-0.1, -0.05) is 44.2 Å². The van der Waals surface area contributed by atoms with E-state index in [0.29, 0.717) is 5.56 Å². The molecule has 1 aromatic heterocycles. The van der Waals surface area contributed by atoms with Crippen molar-refractivity contribution in [2.75, 3.05) is 6.61 Å². The number of non-ortho nitro benzene ring substituents is 1. The van der Waals surface area contributed by atoms with Crippen LogP contribution in [0.4, 0.5) is 10.5 Å². The number of nitro benzene ring substituents is 1. The number of aromatic nitrogens is 1. The molecular formula is C23H25N5O5. The van der Waals surface area contributed by atoms with E-state index in [1.807, 2.05) is 38.1 Å². The van der Waals surface area contributed by atoms with E-state index in [9.17, 15) is 19.7 Å². The highest BCUT2D eigenvalue weighted by atomic mass is 16.6. The van der Waals surface area contributed by atoms with Crippen LogP contribution in [0.1, 0.15) is 25.0 Å². The van der Waals surface area contributed by atoms with Gasteiger partial charge in [0.1, 0.15) is 6.04 Å². The lowest BCUT2D eigenvalue weighted by molar-refractivity contribution is -0.384. The number of hydrazone groups is 1. The molecule has 2 amide bonds. The summed E-state index contributed by atoms with van der Waals surface area (Å²) < 4.78 is 5.16. The molecule has 0 aliphatic rings. The van der Waals surface area contributed by atoms with Gasteiger partial charge in [-0.2, -0.15) is 5.10 Å². The van der Waals surface area contributed by atoms with Crippen LogP contribution in [-0.4, -0.2) is 40.8 Å². The maximum absolute atomic E-state index is 12.8. The van der Waals surface area contributed by atoms with Crippen molar-refractivity contribution in [3.8, 4) is 0 Å². The van der Waals surface area contributed by atoms with E-state index in [2.05, 4.69) is 20.8 Å². The van der Waals surface area contributed by atoms with E-state index < -0.39 is 23.0 Å². The number of benzene rings is 2. The van der Waals surface area contributed by atoms with Gasteiger partial charge in [0, 0.05) is 41.2 Å². The molecule has 3 rings (SSSR count). The fraction of sp³-hybridized carbons (Fsp3) is 0.261. The first kappa shape index (κ1) is 23.5. The number of rotatable bonds is 9. The summed E-state index contributed by atoms with van der Waals surface area (Å²) in [4.78, 5) is 38.6. The molecular weight excluding hydrogens is 426 g/mol. The van der Waals surface area contributed by atoms with Gasteiger partial charge in [-0.05, 0) is 17.5 Å². The number of aromatic amines is 1. The largest absolute Gasteiger partial charge is 0.449 e. The molecule has 0 unspecified atom stereocenters. The van der Waals surface area contributed by atoms with Crippen LogP contribution in [0.15, 0.2) is 59.8 Å². The molecule has 10 heteroatoms. The molecule has 0 bridgehead atoms. The van der Waals surface area contributed by atoms with Crippen LogP contribution < -0.4 is 10.7 Å². The molecule has 1 heterocycles. The summed E-state index contributed by atoms with van der Waals surface area (Å²) in [5.41, 5.74) is 4.51. The van der Waals surface area contributed by atoms with Crippen molar-refractivity contribution >= 4 is 34.8 Å². The molecule has 0 spiro atoms. The fourth-order valence-electron chi connectivity index (χ4n) is 3.12. The average Bonchev–Trinajstić information content (AvgIpc) is 3.20. The summed E-state index contributed by atoms with van der Waals surface area (Å²) in [5.74, 6) is -0.403. The Kier molecular flexibility index (Phi) is 7.74. The second kappa shape index (κ2) is 10.9. The number of alkyl carbamates (subject to hydrolysis) is 1. The lowest BCUT2D eigenvalue weighted by atomic mass is 10.0. The minimum absolute atomic E-state index is 0.0861. The van der Waals surface area contributed by atoms with E-state index in [1.165, 1.54) is 24.4 Å². The van der Waals surface area contributed by atoms with Crippen molar-refractivity contribution in [1.82, 2.24) is 15.7 Å². The van der Waals surface area contributed by atoms with E-state index in [4.69, 9.17) is 4.74 Å². The maximum Gasteiger partial charge on any atom is 0.407 e. The first-order valence-corrected chi connectivity index (χ1v) is 10.4. The minimum Gasteiger partial charge on any atom is -0.449 e. The number of carbonyl (C=O) groups is 2. The third kappa shape index (κ3) is 6.63. The van der Waals surface area contributed by atoms with Gasteiger partial charge in [0.05, 0.1) is 17.7 Å². The second-order valence-corrected chi connectivity index (χ2v) is 7.84. The Labute approximate surface area is 190 Å². The molecule has 0 aliphatic carbocycles. The molecule has 3 N–H and O–H groups in total. The molecule has 10 nitrogen and oxygen atoms in total. The highest BCUT2D eigenvalue weighted by molar-refractivity contribution is 5.89. The van der Waals surface area contributed by atoms with Gasteiger partial charge < -0.3 is 15.0 Å². The zero-order valence-electron chi connectivity index (χ0n) is 18.3. The second-order valence-electron chi connectivity index (χ2n) is 7.84. The molecule has 2 aromatic carbocycles. The standard InChI is InChI=1S/C23H25N5O5/c1-15(2)14-33-23(30)26-21(11-17-13-24-20-9-4-3-8-19(17)20)22(29)27-25-12-16-6-5-7-18(10-16)28(31)32/h3-10,12-13,15,21,24H,11,14H2,1-2H3,(H,26,30)(H,27,29)/b25-12-/t21-/m0/s1. The molecule has 0 saturated heterocycles. The first-order chi connectivity index (χ1) is 15.8. The number of hydrogen-bond donors (Lipinski definition) is 3. The summed E-state index contributed by atoms with van der Waals surface area (Å²) >= 11 is 0. The third-order valence-corrected chi connectivity index (χ3v) is 4.72. The number of H-pyrrole nitrogens is 1. The molecule has 0 fully saturated rings.